The largest absolute Gasteiger partial charge is 0.497 e. The molecule has 5 heteroatoms. The number of rotatable bonds is 5. The average Bonchev–Trinajstić information content (AvgIpc) is 2.68. The van der Waals surface area contributed by atoms with Gasteiger partial charge in [0.25, 0.3) is 5.91 Å². The average molecular weight is 354 g/mol. The highest BCUT2D eigenvalue weighted by Crippen LogP contribution is 2.25. The van der Waals surface area contributed by atoms with Gasteiger partial charge in [-0.1, -0.05) is 12.1 Å². The summed E-state index contributed by atoms with van der Waals surface area (Å²) in [5.74, 6) is 1.17. The van der Waals surface area contributed by atoms with Crippen molar-refractivity contribution in [3.8, 4) is 5.75 Å². The third-order valence-electron chi connectivity index (χ3n) is 5.07. The van der Waals surface area contributed by atoms with Gasteiger partial charge in [-0.05, 0) is 49.6 Å². The number of likely N-dealkylation sites (tertiary alicyclic amines) is 1. The summed E-state index contributed by atoms with van der Waals surface area (Å²) in [6.07, 6.45) is 3.55. The molecule has 1 fully saturated rings. The van der Waals surface area contributed by atoms with E-state index in [0.29, 0.717) is 18.7 Å². The molecule has 1 aliphatic heterocycles. The van der Waals surface area contributed by atoms with Gasteiger partial charge >= 0.3 is 0 Å². The van der Waals surface area contributed by atoms with Crippen LogP contribution in [0.1, 0.15) is 28.0 Å². The fourth-order valence-corrected chi connectivity index (χ4v) is 3.54. The maximum Gasteiger partial charge on any atom is 0.255 e. The molecule has 0 radical (unpaired) electrons. The van der Waals surface area contributed by atoms with Gasteiger partial charge in [0.05, 0.1) is 18.8 Å². The maximum absolute atomic E-state index is 12.8. The van der Waals surface area contributed by atoms with Crippen molar-refractivity contribution in [3.63, 3.8) is 0 Å². The quantitative estimate of drug-likeness (QED) is 0.828. The van der Waals surface area contributed by atoms with Crippen molar-refractivity contribution < 1.29 is 14.3 Å². The molecule has 0 unspecified atom stereocenters. The Bertz CT molecular complexity index is 728. The van der Waals surface area contributed by atoms with Gasteiger partial charge in [0.15, 0.2) is 0 Å². The van der Waals surface area contributed by atoms with Crippen molar-refractivity contribution in [1.82, 2.24) is 9.88 Å². The number of aromatic nitrogens is 1. The number of pyridine rings is 1. The molecule has 1 aromatic heterocycles. The number of amides is 1. The molecule has 26 heavy (non-hydrogen) atoms. The van der Waals surface area contributed by atoms with Crippen molar-refractivity contribution in [1.29, 1.82) is 0 Å². The van der Waals surface area contributed by atoms with Gasteiger partial charge < -0.3 is 14.4 Å². The summed E-state index contributed by atoms with van der Waals surface area (Å²) in [4.78, 5) is 19.0. The van der Waals surface area contributed by atoms with Crippen molar-refractivity contribution >= 4 is 5.91 Å². The van der Waals surface area contributed by atoms with E-state index in [1.807, 2.05) is 36.1 Å². The van der Waals surface area contributed by atoms with Crippen LogP contribution in [0.2, 0.25) is 0 Å². The number of ether oxygens (including phenoxy) is 2. The van der Waals surface area contributed by atoms with E-state index in [2.05, 4.69) is 17.1 Å². The molecule has 0 N–H and O–H groups in total. The number of hydrogen-bond donors (Lipinski definition) is 0. The second kappa shape index (κ2) is 8.32. The fraction of sp³-hybridized carbons (Fsp3) is 0.429. The molecule has 0 aliphatic carbocycles. The molecule has 1 aromatic carbocycles. The van der Waals surface area contributed by atoms with Crippen LogP contribution in [0.4, 0.5) is 0 Å². The molecule has 2 heterocycles. The normalized spacial score (nSPS) is 20.0. The molecular formula is C21H26N2O3. The number of piperidine rings is 1. The van der Waals surface area contributed by atoms with Crippen LogP contribution in [0.5, 0.6) is 5.75 Å². The summed E-state index contributed by atoms with van der Waals surface area (Å²) in [6, 6.07) is 11.8. The molecule has 1 amide bonds. The van der Waals surface area contributed by atoms with E-state index in [9.17, 15) is 4.79 Å². The minimum absolute atomic E-state index is 0.0479. The second-order valence-corrected chi connectivity index (χ2v) is 6.81. The van der Waals surface area contributed by atoms with Gasteiger partial charge in [-0.3, -0.25) is 9.78 Å². The maximum atomic E-state index is 12.8. The Balaban J connectivity index is 1.70. The lowest BCUT2D eigenvalue weighted by molar-refractivity contribution is -0.00300. The van der Waals surface area contributed by atoms with Crippen LogP contribution in [0.3, 0.4) is 0 Å². The van der Waals surface area contributed by atoms with Crippen molar-refractivity contribution in [3.05, 3.63) is 59.4 Å². The summed E-state index contributed by atoms with van der Waals surface area (Å²) in [6.45, 7) is 3.32. The van der Waals surface area contributed by atoms with E-state index in [4.69, 9.17) is 9.47 Å². The molecule has 2 atom stereocenters. The number of aryl methyl sites for hydroxylation is 1. The van der Waals surface area contributed by atoms with Crippen LogP contribution in [-0.4, -0.2) is 49.2 Å². The summed E-state index contributed by atoms with van der Waals surface area (Å²) in [7, 11) is 3.42. The predicted molar refractivity (Wildman–Crippen MR) is 100 cm³/mol. The topological polar surface area (TPSA) is 51.7 Å². The van der Waals surface area contributed by atoms with Crippen LogP contribution < -0.4 is 4.74 Å². The van der Waals surface area contributed by atoms with Crippen LogP contribution >= 0.6 is 0 Å². The molecule has 5 nitrogen and oxygen atoms in total. The van der Waals surface area contributed by atoms with Gasteiger partial charge in [-0.15, -0.1) is 0 Å². The first-order valence-electron chi connectivity index (χ1n) is 8.98. The number of benzene rings is 1. The van der Waals surface area contributed by atoms with Crippen molar-refractivity contribution in [2.45, 2.75) is 25.9 Å². The SMILES string of the molecule is COc1ccc(C[C@@H]2CN(C(=O)c3ccc(C)nc3)CC[C@H]2OC)cc1. The Kier molecular flexibility index (Phi) is 5.89. The molecule has 3 rings (SSSR count). The van der Waals surface area contributed by atoms with E-state index in [1.54, 1.807) is 20.4 Å². The zero-order chi connectivity index (χ0) is 18.5. The highest BCUT2D eigenvalue weighted by atomic mass is 16.5. The summed E-state index contributed by atoms with van der Waals surface area (Å²) in [5.41, 5.74) is 2.79. The van der Waals surface area contributed by atoms with E-state index >= 15 is 0 Å². The van der Waals surface area contributed by atoms with Gasteiger partial charge in [-0.25, -0.2) is 0 Å². The second-order valence-electron chi connectivity index (χ2n) is 6.81. The lowest BCUT2D eigenvalue weighted by atomic mass is 9.88. The predicted octanol–water partition coefficient (Wildman–Crippen LogP) is 3.12. The first-order chi connectivity index (χ1) is 12.6. The van der Waals surface area contributed by atoms with Gasteiger partial charge in [0.2, 0.25) is 0 Å². The van der Waals surface area contributed by atoms with Crippen LogP contribution in [0.15, 0.2) is 42.6 Å². The number of hydrogen-bond acceptors (Lipinski definition) is 4. The third kappa shape index (κ3) is 4.22. The summed E-state index contributed by atoms with van der Waals surface area (Å²) < 4.78 is 10.9. The number of nitrogens with zero attached hydrogens (tertiary/aromatic N) is 2. The Morgan fingerprint density at radius 3 is 2.58 bits per heavy atom. The van der Waals surface area contributed by atoms with E-state index in [0.717, 1.165) is 24.3 Å². The standard InChI is InChI=1S/C21H26N2O3/c1-15-4-7-17(13-22-15)21(24)23-11-10-20(26-3)18(14-23)12-16-5-8-19(25-2)9-6-16/h4-9,13,18,20H,10-12,14H2,1-3H3/t18-,20-/m1/s1. The molecule has 1 saturated heterocycles. The van der Waals surface area contributed by atoms with Crippen LogP contribution in [0.25, 0.3) is 0 Å². The van der Waals surface area contributed by atoms with Gasteiger partial charge in [0.1, 0.15) is 5.75 Å². The first kappa shape index (κ1) is 18.4. The zero-order valence-corrected chi connectivity index (χ0v) is 15.6. The van der Waals surface area contributed by atoms with Crippen LogP contribution in [0, 0.1) is 12.8 Å². The molecule has 0 spiro atoms. The number of carbonyl (C=O) groups is 1. The van der Waals surface area contributed by atoms with Crippen molar-refractivity contribution in [2.24, 2.45) is 5.92 Å². The first-order valence-corrected chi connectivity index (χ1v) is 8.98. The highest BCUT2D eigenvalue weighted by Gasteiger charge is 2.32. The van der Waals surface area contributed by atoms with E-state index in [1.165, 1.54) is 5.56 Å². The van der Waals surface area contributed by atoms with E-state index in [-0.39, 0.29) is 17.9 Å². The Labute approximate surface area is 155 Å². The number of methoxy groups -OCH3 is 2. The molecule has 0 saturated carbocycles. The highest BCUT2D eigenvalue weighted by molar-refractivity contribution is 5.94. The van der Waals surface area contributed by atoms with Gasteiger partial charge in [0, 0.05) is 38.0 Å². The Morgan fingerprint density at radius 1 is 1.19 bits per heavy atom. The minimum atomic E-state index is 0.0479. The monoisotopic (exact) mass is 354 g/mol. The zero-order valence-electron chi connectivity index (χ0n) is 15.6. The van der Waals surface area contributed by atoms with E-state index < -0.39 is 0 Å². The van der Waals surface area contributed by atoms with Crippen molar-refractivity contribution in [2.75, 3.05) is 27.3 Å². The van der Waals surface area contributed by atoms with Gasteiger partial charge in [-0.2, -0.15) is 0 Å². The molecule has 138 valence electrons. The fourth-order valence-electron chi connectivity index (χ4n) is 3.54. The smallest absolute Gasteiger partial charge is 0.255 e. The lowest BCUT2D eigenvalue weighted by Gasteiger charge is -2.38. The Morgan fingerprint density at radius 2 is 1.96 bits per heavy atom. The number of carbonyl (C=O) groups excluding carboxylic acids is 1. The minimum Gasteiger partial charge on any atom is -0.497 e. The third-order valence-corrected chi connectivity index (χ3v) is 5.07. The molecule has 0 bridgehead atoms. The molecule has 1 aliphatic rings. The molecular weight excluding hydrogens is 328 g/mol. The summed E-state index contributed by atoms with van der Waals surface area (Å²) in [5, 5.41) is 0. The lowest BCUT2D eigenvalue weighted by Crippen LogP contribution is -2.47. The van der Waals surface area contributed by atoms with Crippen LogP contribution in [-0.2, 0) is 11.2 Å². The summed E-state index contributed by atoms with van der Waals surface area (Å²) >= 11 is 0. The molecule has 2 aromatic rings. The Hall–Kier alpha value is -2.40.